The second kappa shape index (κ2) is 9.54. The molecule has 118 valence electrons. The number of rotatable bonds is 7. The zero-order valence-electron chi connectivity index (χ0n) is 12.5. The monoisotopic (exact) mass is 313 g/mol. The molecule has 0 unspecified atom stereocenters. The van der Waals surface area contributed by atoms with Crippen molar-refractivity contribution in [3.63, 3.8) is 0 Å². The molecule has 1 amide bonds. The molecule has 0 radical (unpaired) electrons. The van der Waals surface area contributed by atoms with Crippen LogP contribution in [0.1, 0.15) is 0 Å². The number of nitrogens with one attached hydrogen (secondary N) is 1. The molecule has 23 heavy (non-hydrogen) atoms. The highest BCUT2D eigenvalue weighted by Gasteiger charge is 2.08. The lowest BCUT2D eigenvalue weighted by Gasteiger charge is -2.12. The number of hydrogen-bond acceptors (Lipinski definition) is 5. The summed E-state index contributed by atoms with van der Waals surface area (Å²) in [6.07, 6.45) is 12.4. The number of esters is 1. The van der Waals surface area contributed by atoms with E-state index in [-0.39, 0.29) is 13.2 Å². The predicted molar refractivity (Wildman–Crippen MR) is 84.9 cm³/mol. The minimum absolute atomic E-state index is 0.0338. The fourth-order valence-electron chi connectivity index (χ4n) is 1.45. The molecule has 0 saturated heterocycles. The smallest absolute Gasteiger partial charge is 0.330 e. The zero-order valence-corrected chi connectivity index (χ0v) is 12.5. The van der Waals surface area contributed by atoms with Crippen LogP contribution >= 0.6 is 0 Å². The maximum absolute atomic E-state index is 11.7. The average Bonchev–Trinajstić information content (AvgIpc) is 2.56. The van der Waals surface area contributed by atoms with E-state index in [0.29, 0.717) is 17.2 Å². The summed E-state index contributed by atoms with van der Waals surface area (Å²) in [4.78, 5) is 22.6. The third-order valence-corrected chi connectivity index (χ3v) is 2.41. The SMILES string of the molecule is C#CCOc1ccc(NC(=O)/C=C/C(=O)OC)cc1OCC#C. The standard InChI is InChI=1S/C17H15NO5/c1-4-10-22-14-7-6-13(12-15(14)23-11-5-2)18-16(19)8-9-17(20)21-3/h1-2,6-9,12H,10-11H2,3H3,(H,18,19)/b9-8+. The van der Waals surface area contributed by atoms with E-state index in [1.165, 1.54) is 13.2 Å². The minimum Gasteiger partial charge on any atom is -0.477 e. The Morgan fingerprint density at radius 3 is 2.39 bits per heavy atom. The number of ether oxygens (including phenoxy) is 3. The predicted octanol–water partition coefficient (Wildman–Crippen LogP) is 1.38. The molecule has 0 aliphatic heterocycles. The average molecular weight is 313 g/mol. The van der Waals surface area contributed by atoms with E-state index in [4.69, 9.17) is 22.3 Å². The Bertz CT molecular complexity index is 679. The molecule has 0 fully saturated rings. The third-order valence-electron chi connectivity index (χ3n) is 2.41. The van der Waals surface area contributed by atoms with Crippen LogP contribution in [0.3, 0.4) is 0 Å². The number of amides is 1. The van der Waals surface area contributed by atoms with Gasteiger partial charge in [-0.1, -0.05) is 11.8 Å². The zero-order chi connectivity index (χ0) is 17.1. The molecular weight excluding hydrogens is 298 g/mol. The van der Waals surface area contributed by atoms with E-state index >= 15 is 0 Å². The Kier molecular flexibility index (Phi) is 7.33. The van der Waals surface area contributed by atoms with Gasteiger partial charge in [-0.05, 0) is 12.1 Å². The summed E-state index contributed by atoms with van der Waals surface area (Å²) in [6, 6.07) is 4.72. The van der Waals surface area contributed by atoms with E-state index < -0.39 is 11.9 Å². The highest BCUT2D eigenvalue weighted by atomic mass is 16.5. The number of carbonyl (C=O) groups is 2. The molecule has 1 N–H and O–H groups in total. The quantitative estimate of drug-likeness (QED) is 0.468. The van der Waals surface area contributed by atoms with Gasteiger partial charge in [0.25, 0.3) is 0 Å². The fourth-order valence-corrected chi connectivity index (χ4v) is 1.45. The molecule has 1 aromatic carbocycles. The van der Waals surface area contributed by atoms with Gasteiger partial charge in [0.05, 0.1) is 7.11 Å². The van der Waals surface area contributed by atoms with Crippen molar-refractivity contribution < 1.29 is 23.8 Å². The van der Waals surface area contributed by atoms with Gasteiger partial charge < -0.3 is 19.5 Å². The summed E-state index contributed by atoms with van der Waals surface area (Å²) >= 11 is 0. The van der Waals surface area contributed by atoms with Crippen LogP contribution in [0.4, 0.5) is 5.69 Å². The highest BCUT2D eigenvalue weighted by Crippen LogP contribution is 2.30. The van der Waals surface area contributed by atoms with Crippen LogP contribution in [0.2, 0.25) is 0 Å². The van der Waals surface area contributed by atoms with Gasteiger partial charge in [-0.3, -0.25) is 4.79 Å². The molecule has 6 heteroatoms. The second-order valence-corrected chi connectivity index (χ2v) is 3.99. The summed E-state index contributed by atoms with van der Waals surface area (Å²) in [5.74, 6) is 4.28. The van der Waals surface area contributed by atoms with Crippen molar-refractivity contribution in [2.24, 2.45) is 0 Å². The molecule has 0 atom stereocenters. The fraction of sp³-hybridized carbons (Fsp3) is 0.176. The summed E-state index contributed by atoms with van der Waals surface area (Å²) < 4.78 is 15.1. The minimum atomic E-state index is -0.628. The van der Waals surface area contributed by atoms with Gasteiger partial charge in [0.1, 0.15) is 13.2 Å². The Labute approximate surface area is 134 Å². The maximum atomic E-state index is 11.7. The van der Waals surface area contributed by atoms with E-state index in [0.717, 1.165) is 12.2 Å². The lowest BCUT2D eigenvalue weighted by atomic mass is 10.2. The van der Waals surface area contributed by atoms with Gasteiger partial charge in [-0.2, -0.15) is 0 Å². The molecule has 0 aromatic heterocycles. The van der Waals surface area contributed by atoms with Crippen LogP contribution in [-0.4, -0.2) is 32.2 Å². The van der Waals surface area contributed by atoms with E-state index in [2.05, 4.69) is 21.9 Å². The first kappa shape index (κ1) is 17.7. The Hall–Kier alpha value is -3.38. The molecule has 0 spiro atoms. The van der Waals surface area contributed by atoms with Gasteiger partial charge in [0.2, 0.25) is 5.91 Å². The number of benzene rings is 1. The maximum Gasteiger partial charge on any atom is 0.330 e. The van der Waals surface area contributed by atoms with Crippen molar-refractivity contribution in [2.75, 3.05) is 25.6 Å². The van der Waals surface area contributed by atoms with Crippen molar-refractivity contribution in [1.29, 1.82) is 0 Å². The van der Waals surface area contributed by atoms with Gasteiger partial charge in [-0.25, -0.2) is 4.79 Å². The third kappa shape index (κ3) is 6.28. The van der Waals surface area contributed by atoms with Crippen LogP contribution < -0.4 is 14.8 Å². The lowest BCUT2D eigenvalue weighted by Crippen LogP contribution is -2.09. The van der Waals surface area contributed by atoms with Crippen molar-refractivity contribution in [3.8, 4) is 36.2 Å². The molecule has 0 heterocycles. The van der Waals surface area contributed by atoms with E-state index in [9.17, 15) is 9.59 Å². The first-order valence-electron chi connectivity index (χ1n) is 6.44. The van der Waals surface area contributed by atoms with Crippen LogP contribution in [0.15, 0.2) is 30.4 Å². The summed E-state index contributed by atoms with van der Waals surface area (Å²) in [6.45, 7) is 0.103. The first-order valence-corrected chi connectivity index (χ1v) is 6.44. The van der Waals surface area contributed by atoms with Gasteiger partial charge in [0, 0.05) is 23.9 Å². The largest absolute Gasteiger partial charge is 0.477 e. The van der Waals surface area contributed by atoms with Gasteiger partial charge in [0.15, 0.2) is 11.5 Å². The molecule has 0 aliphatic rings. The van der Waals surface area contributed by atoms with E-state index in [1.54, 1.807) is 12.1 Å². The highest BCUT2D eigenvalue weighted by molar-refractivity contribution is 6.02. The number of anilines is 1. The molecule has 0 aliphatic carbocycles. The lowest BCUT2D eigenvalue weighted by molar-refractivity contribution is -0.135. The van der Waals surface area contributed by atoms with Gasteiger partial charge in [-0.15, -0.1) is 12.8 Å². The molecule has 1 rings (SSSR count). The number of carbonyl (C=O) groups excluding carboxylic acids is 2. The molecule has 0 bridgehead atoms. The Morgan fingerprint density at radius 2 is 1.78 bits per heavy atom. The van der Waals surface area contributed by atoms with Crippen LogP contribution in [0.5, 0.6) is 11.5 Å². The van der Waals surface area contributed by atoms with Crippen molar-refractivity contribution >= 4 is 17.6 Å². The summed E-state index contributed by atoms with van der Waals surface area (Å²) in [5, 5.41) is 2.56. The van der Waals surface area contributed by atoms with Crippen molar-refractivity contribution in [1.82, 2.24) is 0 Å². The number of hydrogen-bond donors (Lipinski definition) is 1. The van der Waals surface area contributed by atoms with E-state index in [1.807, 2.05) is 0 Å². The number of terminal acetylenes is 2. The number of methoxy groups -OCH3 is 1. The van der Waals surface area contributed by atoms with Gasteiger partial charge >= 0.3 is 5.97 Å². The second-order valence-electron chi connectivity index (χ2n) is 3.99. The van der Waals surface area contributed by atoms with Crippen LogP contribution in [0.25, 0.3) is 0 Å². The Morgan fingerprint density at radius 1 is 1.13 bits per heavy atom. The molecule has 1 aromatic rings. The van der Waals surface area contributed by atoms with Crippen molar-refractivity contribution in [2.45, 2.75) is 0 Å². The molecule has 0 saturated carbocycles. The van der Waals surface area contributed by atoms with Crippen molar-refractivity contribution in [3.05, 3.63) is 30.4 Å². The molecule has 6 nitrogen and oxygen atoms in total. The van der Waals surface area contributed by atoms with Crippen LogP contribution in [0, 0.1) is 24.7 Å². The normalized spacial score (nSPS) is 9.52. The topological polar surface area (TPSA) is 73.9 Å². The van der Waals surface area contributed by atoms with Crippen LogP contribution in [-0.2, 0) is 14.3 Å². The molecular formula is C17H15NO5. The summed E-state index contributed by atoms with van der Waals surface area (Å²) in [5.41, 5.74) is 0.435. The first-order chi connectivity index (χ1) is 11.1. The summed E-state index contributed by atoms with van der Waals surface area (Å²) in [7, 11) is 1.22. The Balaban J connectivity index is 2.85.